The lowest BCUT2D eigenvalue weighted by Gasteiger charge is -2.21. The summed E-state index contributed by atoms with van der Waals surface area (Å²) in [6.07, 6.45) is -0.0751. The largest absolute Gasteiger partial charge is 0.388 e. The summed E-state index contributed by atoms with van der Waals surface area (Å²) in [4.78, 5) is 12.7. The molecule has 3 aromatic carbocycles. The monoisotopic (exact) mass is 391 g/mol. The second-order valence-corrected chi connectivity index (χ2v) is 7.35. The zero-order valence-electron chi connectivity index (χ0n) is 16.5. The molecule has 2 atom stereocenters. The molecule has 0 saturated heterocycles. The molecular weight excluding hydrogens is 365 g/mol. The van der Waals surface area contributed by atoms with Crippen LogP contribution in [0.2, 0.25) is 0 Å². The molecule has 1 amide bonds. The van der Waals surface area contributed by atoms with E-state index >= 15 is 0 Å². The number of rotatable bonds is 8. The molecule has 3 nitrogen and oxygen atoms in total. The van der Waals surface area contributed by atoms with Gasteiger partial charge in [0.25, 0.3) is 0 Å². The third-order valence-corrected chi connectivity index (χ3v) is 5.03. The van der Waals surface area contributed by atoms with E-state index in [1.807, 2.05) is 67.6 Å². The molecule has 0 aliphatic rings. The van der Waals surface area contributed by atoms with Gasteiger partial charge in [-0.2, -0.15) is 0 Å². The Bertz CT molecular complexity index is 858. The Morgan fingerprint density at radius 3 is 1.90 bits per heavy atom. The van der Waals surface area contributed by atoms with Crippen molar-refractivity contribution in [2.75, 3.05) is 0 Å². The molecule has 0 fully saturated rings. The average Bonchev–Trinajstić information content (AvgIpc) is 2.73. The molecule has 0 unspecified atom stereocenters. The predicted octanol–water partition coefficient (Wildman–Crippen LogP) is 4.98. The van der Waals surface area contributed by atoms with Crippen LogP contribution in [0.3, 0.4) is 0 Å². The zero-order valence-corrected chi connectivity index (χ0v) is 16.5. The number of aliphatic hydroxyl groups is 1. The Labute approximate surface area is 171 Å². The average molecular weight is 391 g/mol. The minimum Gasteiger partial charge on any atom is -0.388 e. The highest BCUT2D eigenvalue weighted by Crippen LogP contribution is 2.28. The summed E-state index contributed by atoms with van der Waals surface area (Å²) < 4.78 is 13.0. The molecule has 3 rings (SSSR count). The zero-order chi connectivity index (χ0) is 20.6. The van der Waals surface area contributed by atoms with E-state index in [1.54, 1.807) is 12.1 Å². The van der Waals surface area contributed by atoms with Crippen molar-refractivity contribution in [3.63, 3.8) is 0 Å². The van der Waals surface area contributed by atoms with Crippen molar-refractivity contribution >= 4 is 5.91 Å². The molecule has 4 heteroatoms. The van der Waals surface area contributed by atoms with Crippen molar-refractivity contribution in [1.82, 2.24) is 5.32 Å². The van der Waals surface area contributed by atoms with Crippen molar-refractivity contribution in [3.8, 4) is 0 Å². The molecule has 0 spiro atoms. The molecule has 0 aliphatic heterocycles. The van der Waals surface area contributed by atoms with Gasteiger partial charge in [0.05, 0.1) is 6.10 Å². The Hall–Kier alpha value is -2.98. The Kier molecular flexibility index (Phi) is 7.14. The van der Waals surface area contributed by atoms with E-state index in [0.717, 1.165) is 11.1 Å². The number of carbonyl (C=O) groups is 1. The van der Waals surface area contributed by atoms with Crippen LogP contribution in [0, 0.1) is 5.82 Å². The maximum absolute atomic E-state index is 13.0. The number of hydrogen-bond donors (Lipinski definition) is 2. The minimum absolute atomic E-state index is 0.0355. The number of amides is 1. The second kappa shape index (κ2) is 9.99. The number of carbonyl (C=O) groups excluding carboxylic acids is 1. The smallest absolute Gasteiger partial charge is 0.221 e. The summed E-state index contributed by atoms with van der Waals surface area (Å²) in [5, 5.41) is 13.3. The highest BCUT2D eigenvalue weighted by molar-refractivity contribution is 5.77. The van der Waals surface area contributed by atoms with E-state index in [-0.39, 0.29) is 23.7 Å². The lowest BCUT2D eigenvalue weighted by molar-refractivity contribution is -0.122. The van der Waals surface area contributed by atoms with Crippen LogP contribution in [0.5, 0.6) is 0 Å². The lowest BCUT2D eigenvalue weighted by atomic mass is 9.88. The molecule has 0 heterocycles. The van der Waals surface area contributed by atoms with Crippen LogP contribution < -0.4 is 5.32 Å². The van der Waals surface area contributed by atoms with Crippen molar-refractivity contribution in [2.24, 2.45) is 0 Å². The van der Waals surface area contributed by atoms with E-state index in [4.69, 9.17) is 0 Å². The Morgan fingerprint density at radius 2 is 1.38 bits per heavy atom. The molecule has 29 heavy (non-hydrogen) atoms. The van der Waals surface area contributed by atoms with Crippen LogP contribution in [0.15, 0.2) is 84.9 Å². The first-order chi connectivity index (χ1) is 14.0. The first-order valence-electron chi connectivity index (χ1n) is 9.85. The van der Waals surface area contributed by atoms with Crippen LogP contribution in [-0.4, -0.2) is 17.1 Å². The molecule has 0 bridgehead atoms. The summed E-state index contributed by atoms with van der Waals surface area (Å²) in [5.74, 6) is -0.441. The Balaban J connectivity index is 1.63. The van der Waals surface area contributed by atoms with Gasteiger partial charge in [-0.05, 0) is 42.2 Å². The standard InChI is InChI=1S/C25H26FNO2/c1-18(16-24(28)21-12-14-22(26)15-13-21)27-25(29)17-23(19-8-4-2-5-9-19)20-10-6-3-7-11-20/h2-15,18,23-24,28H,16-17H2,1H3,(H,27,29)/t18-,24+/m0/s1. The van der Waals surface area contributed by atoms with Gasteiger partial charge in [0.15, 0.2) is 0 Å². The molecule has 3 aromatic rings. The first kappa shape index (κ1) is 20.7. The highest BCUT2D eigenvalue weighted by atomic mass is 19.1. The first-order valence-corrected chi connectivity index (χ1v) is 9.85. The van der Waals surface area contributed by atoms with Crippen molar-refractivity contribution in [1.29, 1.82) is 0 Å². The summed E-state index contributed by atoms with van der Waals surface area (Å²) >= 11 is 0. The van der Waals surface area contributed by atoms with E-state index in [9.17, 15) is 14.3 Å². The number of aliphatic hydroxyl groups excluding tert-OH is 1. The van der Waals surface area contributed by atoms with Gasteiger partial charge in [-0.1, -0.05) is 72.8 Å². The molecule has 0 radical (unpaired) electrons. The van der Waals surface area contributed by atoms with Gasteiger partial charge in [-0.15, -0.1) is 0 Å². The quantitative estimate of drug-likeness (QED) is 0.569. The maximum atomic E-state index is 13.0. The summed E-state index contributed by atoms with van der Waals surface area (Å²) in [6, 6.07) is 25.5. The van der Waals surface area contributed by atoms with Gasteiger partial charge in [-0.3, -0.25) is 4.79 Å². The second-order valence-electron chi connectivity index (χ2n) is 7.35. The number of halogens is 1. The number of benzene rings is 3. The summed E-state index contributed by atoms with van der Waals surface area (Å²) in [5.41, 5.74) is 2.82. The lowest BCUT2D eigenvalue weighted by Crippen LogP contribution is -2.34. The van der Waals surface area contributed by atoms with E-state index in [1.165, 1.54) is 12.1 Å². The van der Waals surface area contributed by atoms with E-state index < -0.39 is 6.10 Å². The van der Waals surface area contributed by atoms with E-state index in [2.05, 4.69) is 5.32 Å². The molecule has 2 N–H and O–H groups in total. The van der Waals surface area contributed by atoms with Gasteiger partial charge < -0.3 is 10.4 Å². The predicted molar refractivity (Wildman–Crippen MR) is 113 cm³/mol. The van der Waals surface area contributed by atoms with Crippen molar-refractivity contribution < 1.29 is 14.3 Å². The maximum Gasteiger partial charge on any atom is 0.221 e. The highest BCUT2D eigenvalue weighted by Gasteiger charge is 2.20. The molecule has 150 valence electrons. The fourth-order valence-electron chi connectivity index (χ4n) is 3.53. The van der Waals surface area contributed by atoms with Gasteiger partial charge in [0, 0.05) is 18.4 Å². The van der Waals surface area contributed by atoms with Crippen LogP contribution in [-0.2, 0) is 4.79 Å². The van der Waals surface area contributed by atoms with Crippen LogP contribution >= 0.6 is 0 Å². The fourth-order valence-corrected chi connectivity index (χ4v) is 3.53. The molecule has 0 saturated carbocycles. The number of nitrogens with one attached hydrogen (secondary N) is 1. The number of hydrogen-bond acceptors (Lipinski definition) is 2. The molecular formula is C25H26FNO2. The van der Waals surface area contributed by atoms with E-state index in [0.29, 0.717) is 18.4 Å². The normalized spacial score (nSPS) is 13.1. The molecule has 0 aliphatic carbocycles. The van der Waals surface area contributed by atoms with Gasteiger partial charge >= 0.3 is 0 Å². The van der Waals surface area contributed by atoms with Crippen LogP contribution in [0.1, 0.15) is 48.5 Å². The third-order valence-electron chi connectivity index (χ3n) is 5.03. The van der Waals surface area contributed by atoms with Crippen LogP contribution in [0.25, 0.3) is 0 Å². The van der Waals surface area contributed by atoms with Crippen LogP contribution in [0.4, 0.5) is 4.39 Å². The summed E-state index contributed by atoms with van der Waals surface area (Å²) in [7, 11) is 0. The van der Waals surface area contributed by atoms with Gasteiger partial charge in [0.1, 0.15) is 5.82 Å². The minimum atomic E-state index is -0.759. The third kappa shape index (κ3) is 6.00. The van der Waals surface area contributed by atoms with Gasteiger partial charge in [0.2, 0.25) is 5.91 Å². The van der Waals surface area contributed by atoms with Gasteiger partial charge in [-0.25, -0.2) is 4.39 Å². The summed E-state index contributed by atoms with van der Waals surface area (Å²) in [6.45, 7) is 1.87. The fraction of sp³-hybridized carbons (Fsp3) is 0.240. The van der Waals surface area contributed by atoms with Crippen molar-refractivity contribution in [3.05, 3.63) is 107 Å². The van der Waals surface area contributed by atoms with Crippen molar-refractivity contribution in [2.45, 2.75) is 37.8 Å². The Morgan fingerprint density at radius 1 is 0.862 bits per heavy atom. The molecule has 0 aromatic heterocycles. The SMILES string of the molecule is C[C@@H](C[C@@H](O)c1ccc(F)cc1)NC(=O)CC(c1ccccc1)c1ccccc1. The topological polar surface area (TPSA) is 49.3 Å².